The Morgan fingerprint density at radius 3 is 2.93 bits per heavy atom. The Hall–Kier alpha value is -1.84. The summed E-state index contributed by atoms with van der Waals surface area (Å²) in [4.78, 5) is 22.0. The predicted molar refractivity (Wildman–Crippen MR) is 53.4 cm³/mol. The predicted octanol–water partition coefficient (Wildman–Crippen LogP) is 1.97. The molecule has 1 rings (SSSR count). The van der Waals surface area contributed by atoms with Gasteiger partial charge in [0.05, 0.1) is 13.4 Å². The van der Waals surface area contributed by atoms with Crippen molar-refractivity contribution in [2.75, 3.05) is 7.11 Å². The molecule has 80 valence electrons. The summed E-state index contributed by atoms with van der Waals surface area (Å²) in [7, 11) is 1.31. The van der Waals surface area contributed by atoms with Crippen molar-refractivity contribution in [1.82, 2.24) is 0 Å². The topological polar surface area (TPSA) is 56.5 Å². The molecule has 15 heavy (non-hydrogen) atoms. The number of Topliss-reactive ketones (excluding diaryl/α,β-unsaturated/α-hetero) is 1. The molecular formula is C11H12O4. The molecule has 0 spiro atoms. The number of allylic oxidation sites excluding steroid dienone is 1. The minimum atomic E-state index is -0.416. The van der Waals surface area contributed by atoms with E-state index in [0.717, 1.165) is 0 Å². The monoisotopic (exact) mass is 208 g/mol. The van der Waals surface area contributed by atoms with Crippen LogP contribution in [0.3, 0.4) is 0 Å². The smallest absolute Gasteiger partial charge is 0.330 e. The molecule has 0 saturated heterocycles. The van der Waals surface area contributed by atoms with Crippen LogP contribution in [0.1, 0.15) is 23.4 Å². The summed E-state index contributed by atoms with van der Waals surface area (Å²) >= 11 is 0. The summed E-state index contributed by atoms with van der Waals surface area (Å²) in [6, 6.07) is 3.28. The summed E-state index contributed by atoms with van der Waals surface area (Å²) in [5, 5.41) is 0. The highest BCUT2D eigenvalue weighted by atomic mass is 16.5. The van der Waals surface area contributed by atoms with Gasteiger partial charge < -0.3 is 9.15 Å². The molecule has 0 N–H and O–H groups in total. The minimum Gasteiger partial charge on any atom is -0.466 e. The number of methoxy groups -OCH3 is 1. The number of ether oxygens (including phenoxy) is 1. The van der Waals surface area contributed by atoms with E-state index in [0.29, 0.717) is 18.6 Å². The third-order valence-corrected chi connectivity index (χ3v) is 1.79. The van der Waals surface area contributed by atoms with Crippen LogP contribution >= 0.6 is 0 Å². The normalized spacial score (nSPS) is 10.5. The molecule has 0 radical (unpaired) electrons. The van der Waals surface area contributed by atoms with Gasteiger partial charge in [-0.15, -0.1) is 0 Å². The summed E-state index contributed by atoms with van der Waals surface area (Å²) in [6.45, 7) is 0. The van der Waals surface area contributed by atoms with Crippen LogP contribution in [0.5, 0.6) is 0 Å². The van der Waals surface area contributed by atoms with Gasteiger partial charge >= 0.3 is 5.97 Å². The number of ketones is 1. The lowest BCUT2D eigenvalue weighted by Crippen LogP contribution is -1.97. The van der Waals surface area contributed by atoms with Gasteiger partial charge in [0.25, 0.3) is 0 Å². The number of hydrogen-bond donors (Lipinski definition) is 0. The van der Waals surface area contributed by atoms with Gasteiger partial charge in [-0.25, -0.2) is 4.79 Å². The highest BCUT2D eigenvalue weighted by Gasteiger charge is 2.06. The average Bonchev–Trinajstić information content (AvgIpc) is 2.77. The Bertz CT molecular complexity index is 349. The molecule has 0 unspecified atom stereocenters. The molecule has 0 saturated carbocycles. The summed E-state index contributed by atoms with van der Waals surface area (Å²) in [5.74, 6) is -0.142. The molecule has 1 aromatic heterocycles. The van der Waals surface area contributed by atoms with Gasteiger partial charge in [-0.2, -0.15) is 0 Å². The maximum Gasteiger partial charge on any atom is 0.330 e. The van der Waals surface area contributed by atoms with Gasteiger partial charge in [-0.3, -0.25) is 4.79 Å². The van der Waals surface area contributed by atoms with Crippen molar-refractivity contribution >= 4 is 11.8 Å². The second-order valence-corrected chi connectivity index (χ2v) is 2.86. The Morgan fingerprint density at radius 1 is 1.53 bits per heavy atom. The van der Waals surface area contributed by atoms with Crippen LogP contribution in [0.2, 0.25) is 0 Å². The number of furan rings is 1. The van der Waals surface area contributed by atoms with Crippen LogP contribution in [-0.4, -0.2) is 18.9 Å². The van der Waals surface area contributed by atoms with Crippen LogP contribution in [0.4, 0.5) is 0 Å². The van der Waals surface area contributed by atoms with Crippen LogP contribution < -0.4 is 0 Å². The first-order valence-electron chi connectivity index (χ1n) is 4.55. The van der Waals surface area contributed by atoms with Crippen molar-refractivity contribution in [3.05, 3.63) is 36.3 Å². The van der Waals surface area contributed by atoms with Gasteiger partial charge in [-0.1, -0.05) is 6.08 Å². The number of rotatable bonds is 5. The second-order valence-electron chi connectivity index (χ2n) is 2.86. The second kappa shape index (κ2) is 5.80. The van der Waals surface area contributed by atoms with E-state index in [2.05, 4.69) is 4.74 Å². The Balaban J connectivity index is 2.30. The number of carbonyl (C=O) groups excluding carboxylic acids is 2. The van der Waals surface area contributed by atoms with E-state index in [9.17, 15) is 9.59 Å². The lowest BCUT2D eigenvalue weighted by molar-refractivity contribution is -0.134. The Labute approximate surface area is 87.5 Å². The first-order chi connectivity index (χ1) is 7.24. The summed E-state index contributed by atoms with van der Waals surface area (Å²) < 4.78 is 9.33. The molecule has 0 aromatic carbocycles. The van der Waals surface area contributed by atoms with Crippen molar-refractivity contribution in [3.8, 4) is 0 Å². The molecule has 0 fully saturated rings. The van der Waals surface area contributed by atoms with E-state index < -0.39 is 5.97 Å². The molecule has 0 aliphatic rings. The van der Waals surface area contributed by atoms with E-state index in [1.807, 2.05) is 0 Å². The van der Waals surface area contributed by atoms with Gasteiger partial charge in [-0.05, 0) is 18.6 Å². The minimum absolute atomic E-state index is 0.0745. The van der Waals surface area contributed by atoms with Gasteiger partial charge in [0, 0.05) is 12.5 Å². The fourth-order valence-electron chi connectivity index (χ4n) is 1.02. The largest absolute Gasteiger partial charge is 0.466 e. The average molecular weight is 208 g/mol. The summed E-state index contributed by atoms with van der Waals surface area (Å²) in [5.41, 5.74) is 0. The van der Waals surface area contributed by atoms with E-state index >= 15 is 0 Å². The third-order valence-electron chi connectivity index (χ3n) is 1.79. The quantitative estimate of drug-likeness (QED) is 0.421. The zero-order chi connectivity index (χ0) is 11.1. The standard InChI is InChI=1S/C11H12O4/c1-14-11(13)7-3-2-5-9(12)10-6-4-8-15-10/h3-4,6-8H,2,5H2,1H3/b7-3+. The summed E-state index contributed by atoms with van der Waals surface area (Å²) in [6.07, 6.45) is 5.18. The molecule has 0 aliphatic heterocycles. The molecular weight excluding hydrogens is 196 g/mol. The lowest BCUT2D eigenvalue weighted by atomic mass is 10.2. The van der Waals surface area contributed by atoms with Crippen molar-refractivity contribution in [2.24, 2.45) is 0 Å². The lowest BCUT2D eigenvalue weighted by Gasteiger charge is -1.93. The first kappa shape index (κ1) is 11.2. The molecule has 4 nitrogen and oxygen atoms in total. The van der Waals surface area contributed by atoms with Crippen LogP contribution in [0.25, 0.3) is 0 Å². The van der Waals surface area contributed by atoms with Crippen LogP contribution in [0, 0.1) is 0 Å². The molecule has 0 atom stereocenters. The van der Waals surface area contributed by atoms with Crippen LogP contribution in [0.15, 0.2) is 35.0 Å². The van der Waals surface area contributed by atoms with Gasteiger partial charge in [0.15, 0.2) is 11.5 Å². The molecule has 0 bridgehead atoms. The molecule has 1 heterocycles. The molecule has 1 aromatic rings. The maximum absolute atomic E-state index is 11.4. The van der Waals surface area contributed by atoms with E-state index in [1.165, 1.54) is 19.4 Å². The van der Waals surface area contributed by atoms with Crippen LogP contribution in [-0.2, 0) is 9.53 Å². The van der Waals surface area contributed by atoms with Crippen molar-refractivity contribution in [3.63, 3.8) is 0 Å². The van der Waals surface area contributed by atoms with Gasteiger partial charge in [0.2, 0.25) is 0 Å². The third kappa shape index (κ3) is 3.81. The highest BCUT2D eigenvalue weighted by molar-refractivity contribution is 5.93. The van der Waals surface area contributed by atoms with Crippen molar-refractivity contribution in [1.29, 1.82) is 0 Å². The van der Waals surface area contributed by atoms with E-state index in [4.69, 9.17) is 4.42 Å². The van der Waals surface area contributed by atoms with E-state index in [-0.39, 0.29) is 5.78 Å². The Morgan fingerprint density at radius 2 is 2.33 bits per heavy atom. The SMILES string of the molecule is COC(=O)/C=C/CCC(=O)c1ccco1. The Kier molecular flexibility index (Phi) is 4.34. The highest BCUT2D eigenvalue weighted by Crippen LogP contribution is 2.06. The van der Waals surface area contributed by atoms with E-state index in [1.54, 1.807) is 18.2 Å². The fourth-order valence-corrected chi connectivity index (χ4v) is 1.02. The first-order valence-corrected chi connectivity index (χ1v) is 4.55. The zero-order valence-corrected chi connectivity index (χ0v) is 8.43. The van der Waals surface area contributed by atoms with Gasteiger partial charge in [0.1, 0.15) is 0 Å². The molecule has 0 aliphatic carbocycles. The number of esters is 1. The maximum atomic E-state index is 11.4. The number of carbonyl (C=O) groups is 2. The fraction of sp³-hybridized carbons (Fsp3) is 0.273. The number of hydrogen-bond acceptors (Lipinski definition) is 4. The molecule has 4 heteroatoms. The zero-order valence-electron chi connectivity index (χ0n) is 8.43. The van der Waals surface area contributed by atoms with Crippen molar-refractivity contribution in [2.45, 2.75) is 12.8 Å². The molecule has 0 amide bonds. The van der Waals surface area contributed by atoms with Crippen molar-refractivity contribution < 1.29 is 18.7 Å².